The van der Waals surface area contributed by atoms with Gasteiger partial charge < -0.3 is 0 Å². The molecule has 1 aliphatic carbocycles. The molecule has 1 aromatic rings. The monoisotopic (exact) mass is 341 g/mol. The van der Waals surface area contributed by atoms with Gasteiger partial charge in [0.1, 0.15) is 10.7 Å². The highest BCUT2D eigenvalue weighted by Crippen LogP contribution is 2.38. The lowest BCUT2D eigenvalue weighted by molar-refractivity contribution is 0.540. The first kappa shape index (κ1) is 15.7. The van der Waals surface area contributed by atoms with E-state index in [9.17, 15) is 21.2 Å². The van der Waals surface area contributed by atoms with Crippen molar-refractivity contribution in [3.05, 3.63) is 24.0 Å². The summed E-state index contributed by atoms with van der Waals surface area (Å²) in [4.78, 5) is -0.938. The van der Waals surface area contributed by atoms with Gasteiger partial charge in [0.2, 0.25) is 10.0 Å². The Morgan fingerprint density at radius 1 is 1.30 bits per heavy atom. The van der Waals surface area contributed by atoms with Crippen LogP contribution in [-0.4, -0.2) is 34.5 Å². The molecule has 1 aliphatic rings. The van der Waals surface area contributed by atoms with E-state index < -0.39 is 36.1 Å². The Kier molecular flexibility index (Phi) is 3.87. The Balaban J connectivity index is 2.46. The minimum Gasteiger partial charge on any atom is -0.224 e. The average molecular weight is 342 g/mol. The molecule has 1 saturated carbocycles. The molecule has 5 nitrogen and oxygen atoms in total. The molecule has 0 amide bonds. The standard InChI is InChI=1S/C11H13ClFNO4S2/c1-19(15,16)8-2-3-9(13)10(6-8)20(17,18)14-11(7-12)4-5-11/h2-3,6,14H,4-5,7H2,1H3. The van der Waals surface area contributed by atoms with E-state index in [1.807, 2.05) is 0 Å². The van der Waals surface area contributed by atoms with Crippen molar-refractivity contribution in [2.45, 2.75) is 28.2 Å². The molecular weight excluding hydrogens is 329 g/mol. The van der Waals surface area contributed by atoms with Crippen molar-refractivity contribution < 1.29 is 21.2 Å². The van der Waals surface area contributed by atoms with Gasteiger partial charge >= 0.3 is 0 Å². The van der Waals surface area contributed by atoms with E-state index in [4.69, 9.17) is 11.6 Å². The van der Waals surface area contributed by atoms with E-state index >= 15 is 0 Å². The van der Waals surface area contributed by atoms with Gasteiger partial charge in [-0.15, -0.1) is 11.6 Å². The molecule has 112 valence electrons. The Hall–Kier alpha value is -0.700. The number of rotatable bonds is 5. The minimum atomic E-state index is -4.15. The van der Waals surface area contributed by atoms with Crippen molar-refractivity contribution in [1.82, 2.24) is 4.72 Å². The molecule has 20 heavy (non-hydrogen) atoms. The quantitative estimate of drug-likeness (QED) is 0.646. The maximum atomic E-state index is 13.7. The molecule has 1 fully saturated rings. The predicted molar refractivity (Wildman–Crippen MR) is 72.5 cm³/mol. The van der Waals surface area contributed by atoms with Gasteiger partial charge in [-0.05, 0) is 31.0 Å². The van der Waals surface area contributed by atoms with Gasteiger partial charge in [-0.25, -0.2) is 25.9 Å². The molecular formula is C11H13ClFNO4S2. The summed E-state index contributed by atoms with van der Waals surface area (Å²) in [5, 5.41) is 0. The van der Waals surface area contributed by atoms with Gasteiger partial charge in [-0.3, -0.25) is 0 Å². The molecule has 1 N–H and O–H groups in total. The molecule has 0 spiro atoms. The molecule has 0 aliphatic heterocycles. The van der Waals surface area contributed by atoms with Crippen LogP contribution in [0.15, 0.2) is 28.0 Å². The van der Waals surface area contributed by atoms with Crippen LogP contribution in [0.4, 0.5) is 4.39 Å². The number of alkyl halides is 1. The average Bonchev–Trinajstić information content (AvgIpc) is 3.07. The molecule has 0 bridgehead atoms. The summed E-state index contributed by atoms with van der Waals surface area (Å²) < 4.78 is 63.2. The zero-order chi connectivity index (χ0) is 15.2. The van der Waals surface area contributed by atoms with Crippen molar-refractivity contribution in [2.24, 2.45) is 0 Å². The van der Waals surface area contributed by atoms with Crippen LogP contribution in [0.2, 0.25) is 0 Å². The molecule has 2 rings (SSSR count). The first-order valence-corrected chi connectivity index (χ1v) is 9.60. The summed E-state index contributed by atoms with van der Waals surface area (Å²) in [5.74, 6) is -0.921. The van der Waals surface area contributed by atoms with Crippen LogP contribution >= 0.6 is 11.6 Å². The molecule has 0 unspecified atom stereocenters. The van der Waals surface area contributed by atoms with Crippen LogP contribution in [0.5, 0.6) is 0 Å². The fraction of sp³-hybridized carbons (Fsp3) is 0.455. The normalized spacial score (nSPS) is 17.9. The van der Waals surface area contributed by atoms with Gasteiger partial charge in [-0.1, -0.05) is 0 Å². The van der Waals surface area contributed by atoms with Crippen molar-refractivity contribution in [2.75, 3.05) is 12.1 Å². The summed E-state index contributed by atoms with van der Waals surface area (Å²) in [5.41, 5.74) is -0.742. The highest BCUT2D eigenvalue weighted by atomic mass is 35.5. The third-order valence-corrected chi connectivity index (χ3v) is 6.30. The first-order valence-electron chi connectivity index (χ1n) is 5.69. The maximum Gasteiger partial charge on any atom is 0.244 e. The summed E-state index contributed by atoms with van der Waals surface area (Å²) in [7, 11) is -7.78. The maximum absolute atomic E-state index is 13.7. The van der Waals surface area contributed by atoms with E-state index in [0.29, 0.717) is 12.8 Å². The number of hydrogen-bond donors (Lipinski definition) is 1. The molecule has 0 radical (unpaired) electrons. The lowest BCUT2D eigenvalue weighted by Crippen LogP contribution is -2.38. The summed E-state index contributed by atoms with van der Waals surface area (Å²) in [6.07, 6.45) is 2.07. The number of sulfone groups is 1. The summed E-state index contributed by atoms with van der Waals surface area (Å²) in [6, 6.07) is 2.67. The predicted octanol–water partition coefficient (Wildman–Crippen LogP) is 1.28. The second-order valence-corrected chi connectivity index (χ2v) is 8.82. The number of nitrogens with one attached hydrogen (secondary N) is 1. The van der Waals surface area contributed by atoms with Crippen LogP contribution < -0.4 is 4.72 Å². The van der Waals surface area contributed by atoms with Crippen LogP contribution in [-0.2, 0) is 19.9 Å². The Morgan fingerprint density at radius 3 is 2.35 bits per heavy atom. The fourth-order valence-corrected chi connectivity index (χ4v) is 4.37. The fourth-order valence-electron chi connectivity index (χ4n) is 1.67. The minimum absolute atomic E-state index is 0.0830. The molecule has 0 atom stereocenters. The first-order chi connectivity index (χ1) is 9.10. The zero-order valence-electron chi connectivity index (χ0n) is 10.6. The second-order valence-electron chi connectivity index (χ2n) is 4.88. The van der Waals surface area contributed by atoms with Gasteiger partial charge in [0.15, 0.2) is 9.84 Å². The highest BCUT2D eigenvalue weighted by molar-refractivity contribution is 7.91. The summed E-state index contributed by atoms with van der Waals surface area (Å²) >= 11 is 5.68. The van der Waals surface area contributed by atoms with Crippen LogP contribution in [0.25, 0.3) is 0 Å². The van der Waals surface area contributed by atoms with Gasteiger partial charge in [-0.2, -0.15) is 0 Å². The van der Waals surface area contributed by atoms with Gasteiger partial charge in [0, 0.05) is 17.7 Å². The van der Waals surface area contributed by atoms with Crippen LogP contribution in [0.1, 0.15) is 12.8 Å². The molecule has 0 heterocycles. The third kappa shape index (κ3) is 3.13. The van der Waals surface area contributed by atoms with Crippen molar-refractivity contribution in [3.63, 3.8) is 0 Å². The number of benzene rings is 1. The second kappa shape index (κ2) is 4.94. The topological polar surface area (TPSA) is 80.3 Å². The van der Waals surface area contributed by atoms with Crippen molar-refractivity contribution in [1.29, 1.82) is 0 Å². The van der Waals surface area contributed by atoms with E-state index in [2.05, 4.69) is 4.72 Å². The smallest absolute Gasteiger partial charge is 0.224 e. The lowest BCUT2D eigenvalue weighted by atomic mass is 10.3. The van der Waals surface area contributed by atoms with E-state index in [1.165, 1.54) is 0 Å². The molecule has 9 heteroatoms. The Morgan fingerprint density at radius 2 is 1.90 bits per heavy atom. The number of halogens is 2. The largest absolute Gasteiger partial charge is 0.244 e. The van der Waals surface area contributed by atoms with E-state index in [0.717, 1.165) is 24.5 Å². The van der Waals surface area contributed by atoms with Crippen molar-refractivity contribution >= 4 is 31.5 Å². The van der Waals surface area contributed by atoms with E-state index in [-0.39, 0.29) is 10.8 Å². The highest BCUT2D eigenvalue weighted by Gasteiger charge is 2.45. The van der Waals surface area contributed by atoms with Gasteiger partial charge in [0.05, 0.1) is 4.90 Å². The SMILES string of the molecule is CS(=O)(=O)c1ccc(F)c(S(=O)(=O)NC2(CCl)CC2)c1. The lowest BCUT2D eigenvalue weighted by Gasteiger charge is -2.15. The third-order valence-electron chi connectivity index (χ3n) is 3.08. The Bertz CT molecular complexity index is 742. The van der Waals surface area contributed by atoms with Crippen molar-refractivity contribution in [3.8, 4) is 0 Å². The number of hydrogen-bond acceptors (Lipinski definition) is 4. The summed E-state index contributed by atoms with van der Waals surface area (Å²) in [6.45, 7) is 0. The van der Waals surface area contributed by atoms with Crippen LogP contribution in [0.3, 0.4) is 0 Å². The van der Waals surface area contributed by atoms with Gasteiger partial charge in [0.25, 0.3) is 0 Å². The molecule has 0 aromatic heterocycles. The van der Waals surface area contributed by atoms with Crippen LogP contribution in [0, 0.1) is 5.82 Å². The number of sulfonamides is 1. The zero-order valence-corrected chi connectivity index (χ0v) is 12.9. The van der Waals surface area contributed by atoms with E-state index in [1.54, 1.807) is 0 Å². The Labute approximate surface area is 122 Å². The molecule has 1 aromatic carbocycles. The molecule has 0 saturated heterocycles.